The fourth-order valence-electron chi connectivity index (χ4n) is 7.25. The second kappa shape index (κ2) is 23.2. The predicted molar refractivity (Wildman–Crippen MR) is 245 cm³/mol. The SMILES string of the molecule is COc1cc2c(cc1-c1cccc(NC(=O)CCOCCOCCOCCOCCNC(=O)[C@@H](N)CS(=O)(=O)O)c1)-c1c(c(C(=O)N3CCOCC3(C)C)nn1-c1cc(Cl)cc(Cl)c1)CO2. The van der Waals surface area contributed by atoms with Gasteiger partial charge in [0.2, 0.25) is 11.8 Å². The minimum absolute atomic E-state index is 0.0786. The van der Waals surface area contributed by atoms with Crippen molar-refractivity contribution in [2.24, 2.45) is 5.73 Å². The smallest absolute Gasteiger partial charge is 0.275 e. The number of carbonyl (C=O) groups excluding carboxylic acids is 3. The molecule has 2 aliphatic rings. The zero-order chi connectivity index (χ0) is 47.4. The maximum atomic E-state index is 14.3. The molecule has 5 N–H and O–H groups in total. The van der Waals surface area contributed by atoms with Crippen LogP contribution in [0.3, 0.4) is 0 Å². The molecule has 0 bridgehead atoms. The molecule has 6 rings (SSSR count). The van der Waals surface area contributed by atoms with Gasteiger partial charge in [-0.05, 0) is 55.8 Å². The zero-order valence-electron chi connectivity index (χ0n) is 36.8. The molecule has 358 valence electrons. The van der Waals surface area contributed by atoms with Gasteiger partial charge in [0.05, 0.1) is 102 Å². The van der Waals surface area contributed by atoms with Crippen LogP contribution in [0.5, 0.6) is 11.5 Å². The summed E-state index contributed by atoms with van der Waals surface area (Å²) in [6.45, 7) is 7.41. The van der Waals surface area contributed by atoms with Gasteiger partial charge < -0.3 is 54.4 Å². The fraction of sp³-hybridized carbons (Fsp3) is 0.455. The van der Waals surface area contributed by atoms with Crippen molar-refractivity contribution in [3.05, 3.63) is 75.9 Å². The number of aromatic nitrogens is 2. The van der Waals surface area contributed by atoms with Gasteiger partial charge in [0.1, 0.15) is 24.1 Å². The first-order chi connectivity index (χ1) is 31.5. The van der Waals surface area contributed by atoms with E-state index in [0.717, 1.165) is 5.56 Å². The van der Waals surface area contributed by atoms with Crippen molar-refractivity contribution in [3.63, 3.8) is 0 Å². The molecule has 3 amide bonds. The molecule has 0 radical (unpaired) electrons. The molecule has 4 aromatic rings. The molecule has 1 atom stereocenters. The van der Waals surface area contributed by atoms with Crippen LogP contribution in [0.1, 0.15) is 36.3 Å². The van der Waals surface area contributed by atoms with E-state index in [1.54, 1.807) is 47.0 Å². The Kier molecular flexibility index (Phi) is 17.8. The summed E-state index contributed by atoms with van der Waals surface area (Å²) in [6, 6.07) is 14.8. The average molecular weight is 978 g/mol. The molecule has 22 heteroatoms. The fourth-order valence-corrected chi connectivity index (χ4v) is 8.37. The molecule has 1 aromatic heterocycles. The first kappa shape index (κ1) is 50.5. The summed E-state index contributed by atoms with van der Waals surface area (Å²) in [5, 5.41) is 11.1. The van der Waals surface area contributed by atoms with Crippen LogP contribution >= 0.6 is 23.2 Å². The number of hydrogen-bond acceptors (Lipinski definition) is 14. The first-order valence-electron chi connectivity index (χ1n) is 21.1. The Morgan fingerprint density at radius 3 is 2.24 bits per heavy atom. The van der Waals surface area contributed by atoms with E-state index in [0.29, 0.717) is 94.9 Å². The van der Waals surface area contributed by atoms with Crippen LogP contribution in [0.2, 0.25) is 10.0 Å². The van der Waals surface area contributed by atoms with Gasteiger partial charge in [-0.3, -0.25) is 18.9 Å². The number of morpholine rings is 1. The number of rotatable bonds is 23. The number of nitrogens with one attached hydrogen (secondary N) is 2. The molecular weight excluding hydrogens is 923 g/mol. The molecule has 2 aliphatic heterocycles. The lowest BCUT2D eigenvalue weighted by Crippen LogP contribution is -2.55. The van der Waals surface area contributed by atoms with E-state index >= 15 is 0 Å². The van der Waals surface area contributed by atoms with Gasteiger partial charge in [-0.1, -0.05) is 35.3 Å². The van der Waals surface area contributed by atoms with Crippen LogP contribution in [-0.4, -0.2) is 149 Å². The number of methoxy groups -OCH3 is 1. The quantitative estimate of drug-likeness (QED) is 0.0595. The zero-order valence-corrected chi connectivity index (χ0v) is 39.1. The summed E-state index contributed by atoms with van der Waals surface area (Å²) >= 11 is 13.0. The highest BCUT2D eigenvalue weighted by atomic mass is 35.5. The maximum absolute atomic E-state index is 14.3. The molecule has 0 aliphatic carbocycles. The standard InChI is InChI=1S/C44H54Cl2N6O13S/c1-44(2)27-64-12-9-51(44)43(55)40-35-25-65-38-24-37(59-3)33(23-34(38)41(35)52(50-40)32-21-29(45)20-30(46)22-32)28-5-4-6-31(19-28)49-39(53)7-10-60-13-15-62-17-18-63-16-14-61-11-8-48-42(54)36(47)26-66(56,57)58/h4-6,19-24,36H,7-18,25-27,47H2,1-3H3,(H,48,54)(H,49,53)(H,56,57,58)/t36-/m0/s1. The second-order valence-corrected chi connectivity index (χ2v) is 18.2. The van der Waals surface area contributed by atoms with Crippen molar-refractivity contribution in [2.45, 2.75) is 38.5 Å². The lowest BCUT2D eigenvalue weighted by atomic mass is 9.95. The van der Waals surface area contributed by atoms with Crippen molar-refractivity contribution in [2.75, 3.05) is 97.3 Å². The van der Waals surface area contributed by atoms with Crippen LogP contribution in [0.25, 0.3) is 28.1 Å². The molecule has 1 saturated heterocycles. The Morgan fingerprint density at radius 1 is 0.924 bits per heavy atom. The number of nitrogens with zero attached hydrogens (tertiary/aromatic N) is 3. The van der Waals surface area contributed by atoms with E-state index in [4.69, 9.17) is 71.7 Å². The molecule has 3 aromatic carbocycles. The van der Waals surface area contributed by atoms with Crippen LogP contribution in [-0.2, 0) is 50.0 Å². The third-order valence-corrected chi connectivity index (χ3v) is 11.6. The summed E-state index contributed by atoms with van der Waals surface area (Å²) in [5.41, 5.74) is 9.59. The lowest BCUT2D eigenvalue weighted by Gasteiger charge is -2.41. The summed E-state index contributed by atoms with van der Waals surface area (Å²) in [6.07, 6.45) is 0.108. The Morgan fingerprint density at radius 2 is 1.59 bits per heavy atom. The normalized spacial score (nSPS) is 14.7. The van der Waals surface area contributed by atoms with Crippen LogP contribution in [0.4, 0.5) is 5.69 Å². The van der Waals surface area contributed by atoms with E-state index in [1.807, 2.05) is 38.1 Å². The maximum Gasteiger partial charge on any atom is 0.275 e. The number of anilines is 1. The molecule has 0 saturated carbocycles. The van der Waals surface area contributed by atoms with Crippen molar-refractivity contribution in [3.8, 4) is 39.6 Å². The highest BCUT2D eigenvalue weighted by Gasteiger charge is 2.39. The number of fused-ring (bicyclic) bond motifs is 3. The molecule has 0 unspecified atom stereocenters. The minimum Gasteiger partial charge on any atom is -0.496 e. The van der Waals surface area contributed by atoms with Gasteiger partial charge in [-0.15, -0.1) is 0 Å². The monoisotopic (exact) mass is 976 g/mol. The van der Waals surface area contributed by atoms with E-state index < -0.39 is 33.4 Å². The third kappa shape index (κ3) is 13.6. The van der Waals surface area contributed by atoms with Crippen molar-refractivity contribution < 1.29 is 60.5 Å². The van der Waals surface area contributed by atoms with Crippen molar-refractivity contribution >= 4 is 56.7 Å². The Labute approximate surface area is 392 Å². The number of nitrogens with two attached hydrogens (primary N) is 1. The van der Waals surface area contributed by atoms with Crippen LogP contribution < -0.4 is 25.8 Å². The molecular formula is C44H54Cl2N6O13S. The Hall–Kier alpha value is -4.87. The van der Waals surface area contributed by atoms with E-state index in [-0.39, 0.29) is 70.1 Å². The number of ether oxygens (including phenoxy) is 7. The average Bonchev–Trinajstić information content (AvgIpc) is 3.66. The van der Waals surface area contributed by atoms with Gasteiger partial charge in [0.25, 0.3) is 16.0 Å². The summed E-state index contributed by atoms with van der Waals surface area (Å²) in [7, 11) is -2.78. The van der Waals surface area contributed by atoms with Crippen molar-refractivity contribution in [1.29, 1.82) is 0 Å². The van der Waals surface area contributed by atoms with Gasteiger partial charge in [-0.25, -0.2) is 4.68 Å². The Balaban J connectivity index is 1.00. The molecule has 66 heavy (non-hydrogen) atoms. The van der Waals surface area contributed by atoms with E-state index in [9.17, 15) is 22.8 Å². The van der Waals surface area contributed by atoms with Crippen LogP contribution in [0, 0.1) is 0 Å². The highest BCUT2D eigenvalue weighted by Crippen LogP contribution is 2.47. The van der Waals surface area contributed by atoms with Gasteiger partial charge >= 0.3 is 0 Å². The number of hydrogen-bond donors (Lipinski definition) is 4. The molecule has 3 heterocycles. The Bertz CT molecular complexity index is 2450. The van der Waals surface area contributed by atoms with Crippen LogP contribution in [0.15, 0.2) is 54.6 Å². The molecule has 1 fully saturated rings. The second-order valence-electron chi connectivity index (χ2n) is 15.8. The highest BCUT2D eigenvalue weighted by molar-refractivity contribution is 7.85. The van der Waals surface area contributed by atoms with Crippen molar-refractivity contribution in [1.82, 2.24) is 20.0 Å². The predicted octanol–water partition coefficient (Wildman–Crippen LogP) is 4.39. The number of halogens is 2. The first-order valence-corrected chi connectivity index (χ1v) is 23.4. The van der Waals surface area contributed by atoms with E-state index in [2.05, 4.69) is 10.6 Å². The topological polar surface area (TPSA) is 241 Å². The third-order valence-electron chi connectivity index (χ3n) is 10.4. The number of amides is 3. The summed E-state index contributed by atoms with van der Waals surface area (Å²) in [5.74, 6) is -1.01. The van der Waals surface area contributed by atoms with Gasteiger partial charge in [-0.2, -0.15) is 13.5 Å². The summed E-state index contributed by atoms with van der Waals surface area (Å²) in [4.78, 5) is 40.8. The van der Waals surface area contributed by atoms with E-state index in [1.165, 1.54) is 0 Å². The number of benzene rings is 3. The number of carbonyl (C=O) groups is 3. The lowest BCUT2D eigenvalue weighted by molar-refractivity contribution is -0.122. The summed E-state index contributed by atoms with van der Waals surface area (Å²) < 4.78 is 71.8. The molecule has 19 nitrogen and oxygen atoms in total. The van der Waals surface area contributed by atoms with Gasteiger partial charge in [0, 0.05) is 51.6 Å². The molecule has 0 spiro atoms. The minimum atomic E-state index is -4.35. The largest absolute Gasteiger partial charge is 0.496 e. The van der Waals surface area contributed by atoms with Gasteiger partial charge in [0.15, 0.2) is 5.69 Å².